The van der Waals surface area contributed by atoms with Gasteiger partial charge in [-0.25, -0.2) is 4.98 Å². The summed E-state index contributed by atoms with van der Waals surface area (Å²) in [6.07, 6.45) is 0. The quantitative estimate of drug-likeness (QED) is 0.415. The molecule has 0 saturated carbocycles. The number of aromatic nitrogens is 3. The van der Waals surface area contributed by atoms with E-state index >= 15 is 0 Å². The summed E-state index contributed by atoms with van der Waals surface area (Å²) in [4.78, 5) is 7.67. The molecule has 2 aromatic heterocycles. The zero-order valence-electron chi connectivity index (χ0n) is 14.9. The third-order valence-electron chi connectivity index (χ3n) is 4.28. The van der Waals surface area contributed by atoms with Gasteiger partial charge in [0.1, 0.15) is 20.8 Å². The fourth-order valence-corrected chi connectivity index (χ4v) is 4.04. The number of nitrogens with two attached hydrogens (primary N) is 1. The number of para-hydroxylation sites is 2. The maximum atomic E-state index is 9.91. The van der Waals surface area contributed by atoms with Crippen LogP contribution in [0.2, 0.25) is 0 Å². The molecule has 0 spiro atoms. The van der Waals surface area contributed by atoms with Crippen LogP contribution in [0.15, 0.2) is 48.5 Å². The van der Waals surface area contributed by atoms with Gasteiger partial charge in [0.05, 0.1) is 11.0 Å². The highest BCUT2D eigenvalue weighted by Gasteiger charge is 2.15. The van der Waals surface area contributed by atoms with Crippen LogP contribution < -0.4 is 20.4 Å². The molecule has 28 heavy (non-hydrogen) atoms. The number of hydrogen-bond donors (Lipinski definition) is 4. The fraction of sp³-hybridized carbons (Fsp3) is 0.0500. The van der Waals surface area contributed by atoms with Gasteiger partial charge in [0.15, 0.2) is 11.3 Å². The number of thiazole rings is 1. The summed E-state index contributed by atoms with van der Waals surface area (Å²) in [6, 6.07) is 17.3. The number of rotatable bonds is 2. The number of aromatic amines is 1. The molecule has 0 aliphatic rings. The van der Waals surface area contributed by atoms with E-state index in [1.807, 2.05) is 55.5 Å². The van der Waals surface area contributed by atoms with E-state index in [0.29, 0.717) is 16.2 Å². The first-order chi connectivity index (χ1) is 13.5. The summed E-state index contributed by atoms with van der Waals surface area (Å²) in [7, 11) is 0. The lowest BCUT2D eigenvalue weighted by Crippen LogP contribution is -2.33. The molecule has 7 nitrogen and oxygen atoms in total. The minimum absolute atomic E-state index is 0.00876. The Morgan fingerprint density at radius 2 is 2.07 bits per heavy atom. The van der Waals surface area contributed by atoms with Crippen molar-refractivity contribution in [3.8, 4) is 11.8 Å². The molecule has 4 rings (SSSR count). The first-order valence-electron chi connectivity index (χ1n) is 8.41. The molecular formula is C20H16N6OS. The van der Waals surface area contributed by atoms with E-state index in [9.17, 15) is 10.4 Å². The number of fused-ring (bicyclic) bond motifs is 1. The summed E-state index contributed by atoms with van der Waals surface area (Å²) in [5.74, 6) is -0.0565. The molecule has 0 atom stereocenters. The number of nitrogens with one attached hydrogen (secondary N) is 2. The van der Waals surface area contributed by atoms with Crippen molar-refractivity contribution in [2.75, 3.05) is 0 Å². The molecule has 0 aliphatic carbocycles. The van der Waals surface area contributed by atoms with Gasteiger partial charge in [0.25, 0.3) is 0 Å². The predicted molar refractivity (Wildman–Crippen MR) is 108 cm³/mol. The van der Waals surface area contributed by atoms with Crippen molar-refractivity contribution in [2.24, 2.45) is 5.73 Å². The SMILES string of the molecule is Cc1cccc(-n2c(=N)/c(=C(/N)O)s/c2=C(\C#N)c2nc3ccccc3[nH]2)c1. The molecule has 8 heteroatoms. The molecule has 138 valence electrons. The number of aryl methyl sites for hydroxylation is 1. The third-order valence-corrected chi connectivity index (χ3v) is 5.47. The Hall–Kier alpha value is -3.83. The van der Waals surface area contributed by atoms with Crippen LogP contribution in [0.5, 0.6) is 0 Å². The van der Waals surface area contributed by atoms with Crippen molar-refractivity contribution < 1.29 is 5.11 Å². The number of aliphatic hydroxyl groups is 1. The predicted octanol–water partition coefficient (Wildman–Crippen LogP) is 1.51. The summed E-state index contributed by atoms with van der Waals surface area (Å²) in [5, 5.41) is 28.2. The molecule has 0 bridgehead atoms. The Balaban J connectivity index is 2.16. The number of hydrogen-bond acceptors (Lipinski definition) is 6. The van der Waals surface area contributed by atoms with Gasteiger partial charge in [-0.15, -0.1) is 11.3 Å². The fourth-order valence-electron chi connectivity index (χ4n) is 3.02. The minimum Gasteiger partial charge on any atom is -0.494 e. The number of nitriles is 1. The molecule has 4 aromatic rings. The maximum Gasteiger partial charge on any atom is 0.203 e. The van der Waals surface area contributed by atoms with Gasteiger partial charge < -0.3 is 15.8 Å². The smallest absolute Gasteiger partial charge is 0.203 e. The van der Waals surface area contributed by atoms with Crippen molar-refractivity contribution in [1.29, 1.82) is 10.7 Å². The van der Waals surface area contributed by atoms with E-state index in [1.165, 1.54) is 0 Å². The highest BCUT2D eigenvalue weighted by atomic mass is 32.1. The van der Waals surface area contributed by atoms with Crippen LogP contribution in [0.1, 0.15) is 11.4 Å². The van der Waals surface area contributed by atoms with Crippen LogP contribution in [0.25, 0.3) is 28.2 Å². The topological polar surface area (TPSA) is 128 Å². The lowest BCUT2D eigenvalue weighted by molar-refractivity contribution is 0.493. The Morgan fingerprint density at radius 3 is 2.75 bits per heavy atom. The number of benzene rings is 2. The second kappa shape index (κ2) is 6.72. The van der Waals surface area contributed by atoms with Crippen molar-refractivity contribution in [1.82, 2.24) is 14.5 Å². The van der Waals surface area contributed by atoms with Gasteiger partial charge in [-0.05, 0) is 36.8 Å². The second-order valence-corrected chi connectivity index (χ2v) is 7.23. The van der Waals surface area contributed by atoms with Crippen LogP contribution in [0, 0.1) is 23.7 Å². The van der Waals surface area contributed by atoms with Gasteiger partial charge in [-0.3, -0.25) is 9.98 Å². The molecular weight excluding hydrogens is 372 g/mol. The molecule has 0 amide bonds. The second-order valence-electron chi connectivity index (χ2n) is 6.23. The largest absolute Gasteiger partial charge is 0.494 e. The standard InChI is InChI=1S/C20H16N6OS/c1-11-5-4-6-12(9-11)26-17(22)16(18(23)27)28-20(26)13(10-21)19-24-14-7-2-3-8-15(14)25-19/h2-9,22,27H,23H2,1H3,(H,24,25)/b18-16+,20-13+,22-17?. The number of imidazole rings is 1. The zero-order valence-corrected chi connectivity index (χ0v) is 15.7. The van der Waals surface area contributed by atoms with Crippen LogP contribution >= 0.6 is 11.3 Å². The van der Waals surface area contributed by atoms with Gasteiger partial charge in [-0.1, -0.05) is 24.3 Å². The van der Waals surface area contributed by atoms with Crippen LogP contribution in [-0.4, -0.2) is 19.6 Å². The summed E-state index contributed by atoms with van der Waals surface area (Å²) < 4.78 is 2.26. The van der Waals surface area contributed by atoms with Gasteiger partial charge in [0.2, 0.25) is 5.88 Å². The summed E-state index contributed by atoms with van der Waals surface area (Å²) >= 11 is 1.08. The number of H-pyrrole nitrogens is 1. The molecule has 0 saturated heterocycles. The Bertz CT molecular complexity index is 1400. The van der Waals surface area contributed by atoms with E-state index in [4.69, 9.17) is 11.1 Å². The van der Waals surface area contributed by atoms with Crippen LogP contribution in [-0.2, 0) is 0 Å². The van der Waals surface area contributed by atoms with Crippen molar-refractivity contribution >= 4 is 33.8 Å². The van der Waals surface area contributed by atoms with E-state index < -0.39 is 5.88 Å². The molecule has 0 aliphatic heterocycles. The normalized spacial score (nSPS) is 13.3. The van der Waals surface area contributed by atoms with E-state index in [0.717, 1.165) is 27.9 Å². The number of nitrogens with zero attached hydrogens (tertiary/aromatic N) is 3. The van der Waals surface area contributed by atoms with Gasteiger partial charge in [0, 0.05) is 5.69 Å². The molecule has 0 fully saturated rings. The van der Waals surface area contributed by atoms with Gasteiger partial charge >= 0.3 is 0 Å². The molecule has 2 aromatic carbocycles. The third kappa shape index (κ3) is 2.84. The van der Waals surface area contributed by atoms with Crippen molar-refractivity contribution in [3.05, 3.63) is 74.6 Å². The lowest BCUT2D eigenvalue weighted by Gasteiger charge is -2.05. The zero-order chi connectivity index (χ0) is 19.8. The molecule has 0 unspecified atom stereocenters. The Kier molecular flexibility index (Phi) is 4.22. The van der Waals surface area contributed by atoms with Gasteiger partial charge in [-0.2, -0.15) is 5.26 Å². The first kappa shape index (κ1) is 17.6. The molecule has 2 heterocycles. The average molecular weight is 388 g/mol. The first-order valence-corrected chi connectivity index (χ1v) is 9.23. The van der Waals surface area contributed by atoms with E-state index in [2.05, 4.69) is 16.0 Å². The van der Waals surface area contributed by atoms with Crippen molar-refractivity contribution in [2.45, 2.75) is 6.92 Å². The Morgan fingerprint density at radius 1 is 1.29 bits per heavy atom. The highest BCUT2D eigenvalue weighted by molar-refractivity contribution is 7.07. The minimum atomic E-state index is -0.454. The summed E-state index contributed by atoms with van der Waals surface area (Å²) in [5.41, 5.74) is 9.11. The van der Waals surface area contributed by atoms with E-state index in [1.54, 1.807) is 4.57 Å². The molecule has 5 N–H and O–H groups in total. The lowest BCUT2D eigenvalue weighted by atomic mass is 10.2. The van der Waals surface area contributed by atoms with Crippen LogP contribution in [0.3, 0.4) is 0 Å². The van der Waals surface area contributed by atoms with Crippen LogP contribution in [0.4, 0.5) is 0 Å². The van der Waals surface area contributed by atoms with Crippen molar-refractivity contribution in [3.63, 3.8) is 0 Å². The highest BCUT2D eigenvalue weighted by Crippen LogP contribution is 2.15. The summed E-state index contributed by atoms with van der Waals surface area (Å²) in [6.45, 7) is 1.95. The average Bonchev–Trinajstić information content (AvgIpc) is 3.24. The van der Waals surface area contributed by atoms with E-state index in [-0.39, 0.29) is 15.6 Å². The molecule has 0 radical (unpaired) electrons. The Labute approximate surface area is 163 Å². The monoisotopic (exact) mass is 388 g/mol. The number of aliphatic hydroxyl groups excluding tert-OH is 1. The maximum absolute atomic E-state index is 9.91.